The topological polar surface area (TPSA) is 36.4 Å². The van der Waals surface area contributed by atoms with E-state index in [4.69, 9.17) is 0 Å². The fourth-order valence-corrected chi connectivity index (χ4v) is 3.46. The molecule has 1 aliphatic heterocycles. The van der Waals surface area contributed by atoms with Crippen molar-refractivity contribution in [3.63, 3.8) is 0 Å². The number of rotatable bonds is 3. The largest absolute Gasteiger partial charge is 0.388 e. The number of aliphatic hydroxyl groups is 1. The number of benzene rings is 1. The van der Waals surface area contributed by atoms with Crippen molar-refractivity contribution in [2.75, 3.05) is 18.5 Å². The first kappa shape index (κ1) is 13.6. The van der Waals surface area contributed by atoms with E-state index in [0.29, 0.717) is 6.42 Å². The lowest BCUT2D eigenvalue weighted by Crippen LogP contribution is -2.24. The van der Waals surface area contributed by atoms with Crippen LogP contribution in [0.5, 0.6) is 0 Å². The number of thiazole rings is 1. The van der Waals surface area contributed by atoms with Gasteiger partial charge in [0.05, 0.1) is 16.8 Å². The average Bonchev–Trinajstić information content (AvgIpc) is 2.84. The molecule has 0 amide bonds. The lowest BCUT2D eigenvalue weighted by Gasteiger charge is -2.28. The molecule has 1 aliphatic rings. The highest BCUT2D eigenvalue weighted by molar-refractivity contribution is 7.09. The molecule has 0 spiro atoms. The number of hydrogen-bond acceptors (Lipinski definition) is 4. The SMILES string of the molecule is Cc1nc(CC(O)c2ccc3c(c2)CCCN3C)cs1. The van der Waals surface area contributed by atoms with Crippen molar-refractivity contribution in [3.8, 4) is 0 Å². The summed E-state index contributed by atoms with van der Waals surface area (Å²) in [7, 11) is 2.13. The predicted molar refractivity (Wildman–Crippen MR) is 83.5 cm³/mol. The Kier molecular flexibility index (Phi) is 3.76. The fraction of sp³-hybridized carbons (Fsp3) is 0.438. The van der Waals surface area contributed by atoms with Crippen molar-refractivity contribution >= 4 is 17.0 Å². The molecule has 0 saturated carbocycles. The van der Waals surface area contributed by atoms with Gasteiger partial charge in [-0.15, -0.1) is 11.3 Å². The Morgan fingerprint density at radius 1 is 1.45 bits per heavy atom. The van der Waals surface area contributed by atoms with Crippen LogP contribution in [0, 0.1) is 6.92 Å². The maximum Gasteiger partial charge on any atom is 0.0897 e. The highest BCUT2D eigenvalue weighted by Crippen LogP contribution is 2.29. The molecule has 1 atom stereocenters. The molecule has 0 saturated heterocycles. The van der Waals surface area contributed by atoms with Gasteiger partial charge < -0.3 is 10.0 Å². The molecular formula is C16H20N2OS. The van der Waals surface area contributed by atoms with Crippen LogP contribution in [0.25, 0.3) is 0 Å². The van der Waals surface area contributed by atoms with E-state index < -0.39 is 6.10 Å². The first-order chi connectivity index (χ1) is 9.63. The maximum absolute atomic E-state index is 10.4. The van der Waals surface area contributed by atoms with Gasteiger partial charge in [0.1, 0.15) is 0 Å². The van der Waals surface area contributed by atoms with Gasteiger partial charge in [0, 0.05) is 31.1 Å². The number of anilines is 1. The smallest absolute Gasteiger partial charge is 0.0897 e. The third-order valence-corrected chi connectivity index (χ3v) is 4.73. The molecule has 0 fully saturated rings. The highest BCUT2D eigenvalue weighted by atomic mass is 32.1. The van der Waals surface area contributed by atoms with E-state index in [9.17, 15) is 5.11 Å². The zero-order valence-electron chi connectivity index (χ0n) is 12.0. The molecule has 4 heteroatoms. The van der Waals surface area contributed by atoms with Crippen LogP contribution < -0.4 is 4.90 Å². The van der Waals surface area contributed by atoms with E-state index in [-0.39, 0.29) is 0 Å². The Hall–Kier alpha value is -1.39. The van der Waals surface area contributed by atoms with Crippen LogP contribution in [-0.2, 0) is 12.8 Å². The summed E-state index contributed by atoms with van der Waals surface area (Å²) in [6.45, 7) is 3.11. The summed E-state index contributed by atoms with van der Waals surface area (Å²) in [5.41, 5.74) is 4.64. The van der Waals surface area contributed by atoms with E-state index in [2.05, 4.69) is 29.1 Å². The minimum atomic E-state index is -0.464. The Morgan fingerprint density at radius 3 is 3.05 bits per heavy atom. The summed E-state index contributed by atoms with van der Waals surface area (Å²) < 4.78 is 0. The molecule has 0 radical (unpaired) electrons. The zero-order chi connectivity index (χ0) is 14.1. The van der Waals surface area contributed by atoms with Crippen molar-refractivity contribution in [2.45, 2.75) is 32.3 Å². The lowest BCUT2D eigenvalue weighted by molar-refractivity contribution is 0.177. The first-order valence-electron chi connectivity index (χ1n) is 7.06. The molecule has 3 nitrogen and oxygen atoms in total. The fourth-order valence-electron chi connectivity index (χ4n) is 2.83. The van der Waals surface area contributed by atoms with Crippen LogP contribution in [0.4, 0.5) is 5.69 Å². The molecule has 0 bridgehead atoms. The van der Waals surface area contributed by atoms with Crippen LogP contribution in [0.2, 0.25) is 0 Å². The Balaban J connectivity index is 1.80. The van der Waals surface area contributed by atoms with Crippen molar-refractivity contribution in [1.82, 2.24) is 4.98 Å². The molecule has 1 unspecified atom stereocenters. The van der Waals surface area contributed by atoms with E-state index >= 15 is 0 Å². The molecule has 2 aromatic rings. The molecule has 1 aromatic heterocycles. The minimum Gasteiger partial charge on any atom is -0.388 e. The van der Waals surface area contributed by atoms with Crippen LogP contribution in [0.1, 0.15) is 34.4 Å². The van der Waals surface area contributed by atoms with Crippen LogP contribution >= 0.6 is 11.3 Å². The van der Waals surface area contributed by atoms with Crippen LogP contribution in [-0.4, -0.2) is 23.7 Å². The number of aliphatic hydroxyl groups excluding tert-OH is 1. The third kappa shape index (κ3) is 2.72. The average molecular weight is 288 g/mol. The van der Waals surface area contributed by atoms with Gasteiger partial charge in [-0.1, -0.05) is 12.1 Å². The first-order valence-corrected chi connectivity index (χ1v) is 7.94. The molecular weight excluding hydrogens is 268 g/mol. The van der Waals surface area contributed by atoms with E-state index in [1.165, 1.54) is 17.7 Å². The molecule has 1 N–H and O–H groups in total. The van der Waals surface area contributed by atoms with Gasteiger partial charge in [-0.05, 0) is 37.0 Å². The van der Waals surface area contributed by atoms with Gasteiger partial charge in [-0.2, -0.15) is 0 Å². The standard InChI is InChI=1S/C16H20N2OS/c1-11-17-14(10-20-11)9-16(19)13-5-6-15-12(8-13)4-3-7-18(15)2/h5-6,8,10,16,19H,3-4,7,9H2,1-2H3. The summed E-state index contributed by atoms with van der Waals surface area (Å²) in [6, 6.07) is 6.35. The van der Waals surface area contributed by atoms with Crippen LogP contribution in [0.15, 0.2) is 23.6 Å². The monoisotopic (exact) mass is 288 g/mol. The van der Waals surface area contributed by atoms with Crippen molar-refractivity contribution in [2.24, 2.45) is 0 Å². The molecule has 1 aromatic carbocycles. The predicted octanol–water partition coefficient (Wildman–Crippen LogP) is 3.11. The number of aryl methyl sites for hydroxylation is 2. The number of nitrogens with zero attached hydrogens (tertiary/aromatic N) is 2. The van der Waals surface area contributed by atoms with Gasteiger partial charge in [0.15, 0.2) is 0 Å². The summed E-state index contributed by atoms with van der Waals surface area (Å²) in [6.07, 6.45) is 2.43. The number of aromatic nitrogens is 1. The van der Waals surface area contributed by atoms with Gasteiger partial charge >= 0.3 is 0 Å². The van der Waals surface area contributed by atoms with Gasteiger partial charge in [0.25, 0.3) is 0 Å². The number of hydrogen-bond donors (Lipinski definition) is 1. The van der Waals surface area contributed by atoms with Gasteiger partial charge in [0.2, 0.25) is 0 Å². The normalized spacial score (nSPS) is 16.1. The quantitative estimate of drug-likeness (QED) is 0.943. The summed E-state index contributed by atoms with van der Waals surface area (Å²) >= 11 is 1.64. The van der Waals surface area contributed by atoms with E-state index in [0.717, 1.165) is 29.2 Å². The third-order valence-electron chi connectivity index (χ3n) is 3.91. The Morgan fingerprint density at radius 2 is 2.30 bits per heavy atom. The van der Waals surface area contributed by atoms with Crippen LogP contribution in [0.3, 0.4) is 0 Å². The summed E-state index contributed by atoms with van der Waals surface area (Å²) in [4.78, 5) is 6.72. The Labute approximate surface area is 123 Å². The maximum atomic E-state index is 10.4. The van der Waals surface area contributed by atoms with Crippen molar-refractivity contribution < 1.29 is 5.11 Å². The lowest BCUT2D eigenvalue weighted by atomic mass is 9.96. The number of fused-ring (bicyclic) bond motifs is 1. The molecule has 20 heavy (non-hydrogen) atoms. The molecule has 106 valence electrons. The molecule has 2 heterocycles. The van der Waals surface area contributed by atoms with E-state index in [1.807, 2.05) is 18.4 Å². The second-order valence-corrected chi connectivity index (χ2v) is 6.55. The van der Waals surface area contributed by atoms with Gasteiger partial charge in [-0.25, -0.2) is 4.98 Å². The van der Waals surface area contributed by atoms with Crippen molar-refractivity contribution in [1.29, 1.82) is 0 Å². The van der Waals surface area contributed by atoms with E-state index in [1.54, 1.807) is 11.3 Å². The second kappa shape index (κ2) is 5.54. The second-order valence-electron chi connectivity index (χ2n) is 5.49. The van der Waals surface area contributed by atoms with Gasteiger partial charge in [-0.3, -0.25) is 0 Å². The summed E-state index contributed by atoms with van der Waals surface area (Å²) in [5.74, 6) is 0. The zero-order valence-corrected chi connectivity index (χ0v) is 12.8. The Bertz CT molecular complexity index is 608. The molecule has 0 aliphatic carbocycles. The molecule has 3 rings (SSSR count). The van der Waals surface area contributed by atoms with Crippen molar-refractivity contribution in [3.05, 3.63) is 45.4 Å². The highest BCUT2D eigenvalue weighted by Gasteiger charge is 2.17. The minimum absolute atomic E-state index is 0.464. The summed E-state index contributed by atoms with van der Waals surface area (Å²) in [5, 5.41) is 13.5.